The van der Waals surface area contributed by atoms with E-state index in [0.29, 0.717) is 0 Å². The molecule has 0 amide bonds. The van der Waals surface area contributed by atoms with Gasteiger partial charge in [-0.25, -0.2) is 28.6 Å². The van der Waals surface area contributed by atoms with Gasteiger partial charge in [-0.2, -0.15) is 8.62 Å². The minimum absolute atomic E-state index is 0.0426. The minimum atomic E-state index is -5.70. The number of nitrogen functional groups attached to an aromatic ring is 1. The third-order valence-corrected chi connectivity index (χ3v) is 9.35. The fourth-order valence-electron chi connectivity index (χ4n) is 3.65. The first kappa shape index (κ1) is 36.7. The number of phosphoric ester groups is 1. The van der Waals surface area contributed by atoms with Crippen LogP contribution < -0.4 is 5.73 Å². The molecule has 42 heavy (non-hydrogen) atoms. The molecule has 0 aromatic carbocycles. The van der Waals surface area contributed by atoms with E-state index in [4.69, 9.17) is 25.2 Å². The van der Waals surface area contributed by atoms with E-state index >= 15 is 0 Å². The Balaban J connectivity index is 0.000000476. The highest BCUT2D eigenvalue weighted by Gasteiger charge is 2.47. The maximum absolute atomic E-state index is 11.8. The second kappa shape index (κ2) is 15.0. The van der Waals surface area contributed by atoms with Gasteiger partial charge in [0.15, 0.2) is 17.7 Å². The van der Waals surface area contributed by atoms with Crippen molar-refractivity contribution in [2.45, 2.75) is 70.6 Å². The minimum Gasteiger partial charge on any atom is -0.387 e. The lowest BCUT2D eigenvalue weighted by Gasteiger charge is -2.27. The van der Waals surface area contributed by atoms with Gasteiger partial charge in [0.05, 0.1) is 12.9 Å². The highest BCUT2D eigenvalue weighted by atomic mass is 31.3. The number of fused-ring (bicyclic) bond motifs is 1. The van der Waals surface area contributed by atoms with Gasteiger partial charge in [-0.05, 0) is 20.3 Å². The van der Waals surface area contributed by atoms with Crippen LogP contribution in [0, 0.1) is 0 Å². The summed E-state index contributed by atoms with van der Waals surface area (Å²) < 4.78 is 51.9. The maximum Gasteiger partial charge on any atom is 0.490 e. The van der Waals surface area contributed by atoms with E-state index in [1.54, 1.807) is 18.7 Å². The van der Waals surface area contributed by atoms with Crippen LogP contribution in [0.3, 0.4) is 0 Å². The van der Waals surface area contributed by atoms with Crippen LogP contribution in [0.2, 0.25) is 0 Å². The van der Waals surface area contributed by atoms with Gasteiger partial charge in [0.1, 0.15) is 42.6 Å². The van der Waals surface area contributed by atoms with Crippen LogP contribution in [0.1, 0.15) is 39.8 Å². The molecule has 0 aliphatic carbocycles. The average Bonchev–Trinajstić information content (AvgIpc) is 3.38. The summed E-state index contributed by atoms with van der Waals surface area (Å²) in [5.74, 6) is 0.0426. The number of phosphoric acid groups is 3. The van der Waals surface area contributed by atoms with E-state index in [-0.39, 0.29) is 17.0 Å². The normalized spacial score (nSPS) is 25.4. The van der Waals surface area contributed by atoms with Crippen molar-refractivity contribution in [3.05, 3.63) is 12.7 Å². The zero-order chi connectivity index (χ0) is 32.0. The molecular formula is C18H35N6O15P3. The number of anilines is 1. The first-order chi connectivity index (χ1) is 19.3. The van der Waals surface area contributed by atoms with Crippen LogP contribution in [-0.4, -0.2) is 108 Å². The predicted octanol–water partition coefficient (Wildman–Crippen LogP) is -0.864. The van der Waals surface area contributed by atoms with Crippen molar-refractivity contribution in [1.82, 2.24) is 24.4 Å². The quantitative estimate of drug-likeness (QED) is 0.0925. The number of rotatable bonds is 13. The van der Waals surface area contributed by atoms with Crippen LogP contribution in [0.5, 0.6) is 0 Å². The van der Waals surface area contributed by atoms with Gasteiger partial charge in [-0.15, -0.1) is 0 Å². The smallest absolute Gasteiger partial charge is 0.387 e. The fraction of sp³-hybridized carbons (Fsp3) is 0.722. The zero-order valence-electron chi connectivity index (χ0n) is 22.5. The van der Waals surface area contributed by atoms with Crippen LogP contribution >= 0.6 is 23.5 Å². The molecule has 21 nitrogen and oxygen atoms in total. The van der Waals surface area contributed by atoms with Gasteiger partial charge < -0.3 is 50.5 Å². The summed E-state index contributed by atoms with van der Waals surface area (Å²) in [7, 11) is -16.7. The van der Waals surface area contributed by atoms with Crippen molar-refractivity contribution >= 4 is 40.4 Å². The van der Waals surface area contributed by atoms with Crippen molar-refractivity contribution in [2.24, 2.45) is 0 Å². The van der Waals surface area contributed by atoms with Crippen molar-refractivity contribution in [1.29, 1.82) is 0 Å². The summed E-state index contributed by atoms with van der Waals surface area (Å²) in [4.78, 5) is 48.9. The molecule has 2 aromatic heterocycles. The van der Waals surface area contributed by atoms with E-state index < -0.39 is 67.1 Å². The Morgan fingerprint density at radius 2 is 1.64 bits per heavy atom. The van der Waals surface area contributed by atoms with Crippen molar-refractivity contribution < 1.29 is 71.6 Å². The van der Waals surface area contributed by atoms with Gasteiger partial charge in [0, 0.05) is 6.54 Å². The van der Waals surface area contributed by atoms with E-state index in [0.717, 1.165) is 25.7 Å². The summed E-state index contributed by atoms with van der Waals surface area (Å²) in [6, 6.07) is 0. The predicted molar refractivity (Wildman–Crippen MR) is 140 cm³/mol. The Morgan fingerprint density at radius 1 is 1.02 bits per heavy atom. The summed E-state index contributed by atoms with van der Waals surface area (Å²) in [6.45, 7) is 5.22. The Hall–Kier alpha value is -1.48. The molecule has 0 saturated carbocycles. The van der Waals surface area contributed by atoms with Crippen molar-refractivity contribution in [3.8, 4) is 0 Å². The summed E-state index contributed by atoms with van der Waals surface area (Å²) >= 11 is 0. The summed E-state index contributed by atoms with van der Waals surface area (Å²) in [5, 5.41) is 38.8. The first-order valence-corrected chi connectivity index (χ1v) is 16.7. The molecule has 2 aromatic rings. The number of nitrogens with zero attached hydrogens (tertiary/aromatic N) is 5. The number of unbranched alkanes of at least 4 members (excludes halogenated alkanes) is 1. The van der Waals surface area contributed by atoms with E-state index in [1.165, 1.54) is 10.9 Å². The molecule has 0 bridgehead atoms. The second-order valence-electron chi connectivity index (χ2n) is 8.87. The van der Waals surface area contributed by atoms with Crippen molar-refractivity contribution in [3.63, 3.8) is 0 Å². The highest BCUT2D eigenvalue weighted by Crippen LogP contribution is 2.66. The Morgan fingerprint density at radius 3 is 2.19 bits per heavy atom. The standard InChI is InChI=1S/C10H16N5O13P3.C8H19NO2/c11-8-5-9(13-2-12-8)15(3-14-5)10-7(17)6(16)4(26-10)1-25-30(21,22)28-31(23,24)27-29(18,19)20;1-4-5-6-9(7(2)10)8(3)11/h2-4,6-7,10,16-17H,1H2,(H,21,22)(H,23,24)(H2,11,12,13)(H2,18,19,20);7-8,10-11H,4-6H2,1-3H3/t4-,6?,7?,10-;/m1./s1. The first-order valence-electron chi connectivity index (χ1n) is 12.1. The highest BCUT2D eigenvalue weighted by molar-refractivity contribution is 7.66. The van der Waals surface area contributed by atoms with Crippen LogP contribution in [-0.2, 0) is 31.6 Å². The molecule has 0 radical (unpaired) electrons. The average molecular weight is 668 g/mol. The van der Waals surface area contributed by atoms with Crippen LogP contribution in [0.15, 0.2) is 12.7 Å². The monoisotopic (exact) mass is 668 g/mol. The topological polar surface area (TPSA) is 323 Å². The van der Waals surface area contributed by atoms with Crippen LogP contribution in [0.4, 0.5) is 5.82 Å². The SMILES string of the molecule is CCCCN(C(C)O)C(C)O.Nc1ncnc2c1ncn2[C@@H]1O[C@H](COP(=O)(O)OP(=O)(O)OP(=O)(O)O)C(O)C1O. The Bertz CT molecular complexity index is 1300. The molecule has 24 heteroatoms. The molecule has 242 valence electrons. The molecule has 1 saturated heterocycles. The Kier molecular flexibility index (Phi) is 13.1. The Labute approximate surface area is 238 Å². The van der Waals surface area contributed by atoms with E-state index in [9.17, 15) is 39.0 Å². The number of aromatic nitrogens is 4. The lowest BCUT2D eigenvalue weighted by Crippen LogP contribution is -2.40. The fourth-order valence-corrected chi connectivity index (χ4v) is 6.68. The molecule has 10 N–H and O–H groups in total. The van der Waals surface area contributed by atoms with Gasteiger partial charge in [-0.3, -0.25) is 14.0 Å². The third-order valence-electron chi connectivity index (χ3n) is 5.55. The number of ether oxygens (including phenoxy) is 1. The van der Waals surface area contributed by atoms with Gasteiger partial charge in [0.2, 0.25) is 0 Å². The molecule has 3 rings (SSSR count). The molecule has 1 aliphatic rings. The molecule has 1 aliphatic heterocycles. The summed E-state index contributed by atoms with van der Waals surface area (Å²) in [6.07, 6.45) is -2.71. The lowest BCUT2D eigenvalue weighted by molar-refractivity contribution is -0.0843. The van der Waals surface area contributed by atoms with Gasteiger partial charge in [-0.1, -0.05) is 13.3 Å². The van der Waals surface area contributed by atoms with Crippen LogP contribution in [0.25, 0.3) is 11.2 Å². The number of aliphatic hydroxyl groups excluding tert-OH is 4. The largest absolute Gasteiger partial charge is 0.490 e. The molecule has 3 heterocycles. The van der Waals surface area contributed by atoms with E-state index in [1.807, 2.05) is 0 Å². The van der Waals surface area contributed by atoms with Crippen molar-refractivity contribution in [2.75, 3.05) is 18.9 Å². The number of hydrogen-bond acceptors (Lipinski definition) is 16. The zero-order valence-corrected chi connectivity index (χ0v) is 25.2. The lowest BCUT2D eigenvalue weighted by atomic mass is 10.1. The van der Waals surface area contributed by atoms with Gasteiger partial charge >= 0.3 is 23.5 Å². The molecular weight excluding hydrogens is 633 g/mol. The molecule has 1 fully saturated rings. The van der Waals surface area contributed by atoms with E-state index in [2.05, 4.69) is 35.0 Å². The van der Waals surface area contributed by atoms with Gasteiger partial charge in [0.25, 0.3) is 0 Å². The summed E-state index contributed by atoms with van der Waals surface area (Å²) in [5.41, 5.74) is 6.00. The molecule has 0 spiro atoms. The maximum atomic E-state index is 11.8. The molecule has 8 atom stereocenters. The number of imidazole rings is 1. The third kappa shape index (κ3) is 10.6. The molecule has 6 unspecified atom stereocenters. The number of nitrogens with two attached hydrogens (primary N) is 1. The second-order valence-corrected chi connectivity index (χ2v) is 13.3. The number of hydrogen-bond donors (Lipinski definition) is 9. The number of aliphatic hydroxyl groups is 4.